The van der Waals surface area contributed by atoms with Crippen molar-refractivity contribution in [3.05, 3.63) is 54.4 Å². The van der Waals surface area contributed by atoms with Gasteiger partial charge in [0, 0.05) is 44.1 Å². The SMILES string of the molecule is CCCC(=O)Nc1cccc(CN=C(NCC)NCCn2cccc2)c1. The fraction of sp³-hybridized carbons (Fsp3) is 0.400. The maximum atomic E-state index is 11.7. The summed E-state index contributed by atoms with van der Waals surface area (Å²) >= 11 is 0. The molecule has 1 aromatic carbocycles. The molecule has 3 N–H and O–H groups in total. The van der Waals surface area contributed by atoms with Crippen LogP contribution < -0.4 is 16.0 Å². The largest absolute Gasteiger partial charge is 0.357 e. The lowest BCUT2D eigenvalue weighted by Crippen LogP contribution is -2.38. The molecule has 0 fully saturated rings. The molecule has 1 heterocycles. The van der Waals surface area contributed by atoms with Gasteiger partial charge >= 0.3 is 0 Å². The van der Waals surface area contributed by atoms with Gasteiger partial charge in [-0.05, 0) is 43.2 Å². The quantitative estimate of drug-likeness (QED) is 0.478. The predicted octanol–water partition coefficient (Wildman–Crippen LogP) is 2.98. The topological polar surface area (TPSA) is 70.4 Å². The fourth-order valence-corrected chi connectivity index (χ4v) is 2.53. The summed E-state index contributed by atoms with van der Waals surface area (Å²) in [6.07, 6.45) is 5.48. The fourth-order valence-electron chi connectivity index (χ4n) is 2.53. The van der Waals surface area contributed by atoms with Crippen molar-refractivity contribution in [1.29, 1.82) is 0 Å². The van der Waals surface area contributed by atoms with E-state index >= 15 is 0 Å². The van der Waals surface area contributed by atoms with Crippen LogP contribution in [0.4, 0.5) is 5.69 Å². The third-order valence-corrected chi connectivity index (χ3v) is 3.78. The first-order chi connectivity index (χ1) is 12.7. The summed E-state index contributed by atoms with van der Waals surface area (Å²) in [5, 5.41) is 9.52. The van der Waals surface area contributed by atoms with Gasteiger partial charge in [0.25, 0.3) is 0 Å². The second kappa shape index (κ2) is 11.0. The number of rotatable bonds is 9. The second-order valence-electron chi connectivity index (χ2n) is 6.04. The van der Waals surface area contributed by atoms with Crippen molar-refractivity contribution in [1.82, 2.24) is 15.2 Å². The van der Waals surface area contributed by atoms with E-state index in [4.69, 9.17) is 0 Å². The molecule has 0 saturated heterocycles. The van der Waals surface area contributed by atoms with Crippen molar-refractivity contribution in [2.45, 2.75) is 39.8 Å². The third-order valence-electron chi connectivity index (χ3n) is 3.78. The monoisotopic (exact) mass is 355 g/mol. The number of benzene rings is 1. The molecular weight excluding hydrogens is 326 g/mol. The highest BCUT2D eigenvalue weighted by atomic mass is 16.1. The van der Waals surface area contributed by atoms with Crippen LogP contribution >= 0.6 is 0 Å². The van der Waals surface area contributed by atoms with Gasteiger partial charge in [-0.15, -0.1) is 0 Å². The van der Waals surface area contributed by atoms with Crippen LogP contribution in [0.1, 0.15) is 32.3 Å². The Bertz CT molecular complexity index is 694. The minimum absolute atomic E-state index is 0.0492. The van der Waals surface area contributed by atoms with Gasteiger partial charge < -0.3 is 20.5 Å². The molecule has 1 amide bonds. The molecule has 2 rings (SSSR count). The summed E-state index contributed by atoms with van der Waals surface area (Å²) in [4.78, 5) is 16.4. The van der Waals surface area contributed by atoms with E-state index < -0.39 is 0 Å². The lowest BCUT2D eigenvalue weighted by atomic mass is 10.2. The van der Waals surface area contributed by atoms with Crippen LogP contribution in [0.2, 0.25) is 0 Å². The van der Waals surface area contributed by atoms with Gasteiger partial charge in [-0.3, -0.25) is 4.79 Å². The molecular formula is C20H29N5O. The number of guanidine groups is 1. The molecule has 0 radical (unpaired) electrons. The number of nitrogens with zero attached hydrogens (tertiary/aromatic N) is 2. The standard InChI is InChI=1S/C20H29N5O/c1-3-8-19(26)24-18-10-7-9-17(15-18)16-23-20(21-4-2)22-11-14-25-12-5-6-13-25/h5-7,9-10,12-13,15H,3-4,8,11,14,16H2,1-2H3,(H,24,26)(H2,21,22,23). The average Bonchev–Trinajstić information content (AvgIpc) is 3.13. The smallest absolute Gasteiger partial charge is 0.224 e. The van der Waals surface area contributed by atoms with Gasteiger partial charge in [-0.1, -0.05) is 19.1 Å². The van der Waals surface area contributed by atoms with Gasteiger partial charge in [0.05, 0.1) is 6.54 Å². The Kier molecular flexibility index (Phi) is 8.26. The molecule has 0 aliphatic rings. The Hall–Kier alpha value is -2.76. The molecule has 0 aliphatic heterocycles. The first kappa shape index (κ1) is 19.6. The molecule has 0 unspecified atom stereocenters. The van der Waals surface area contributed by atoms with Crippen molar-refractivity contribution in [2.24, 2.45) is 4.99 Å². The lowest BCUT2D eigenvalue weighted by Gasteiger charge is -2.12. The number of aliphatic imine (C=N–C) groups is 1. The summed E-state index contributed by atoms with van der Waals surface area (Å²) in [5.74, 6) is 0.841. The van der Waals surface area contributed by atoms with Crippen LogP contribution in [0.5, 0.6) is 0 Å². The van der Waals surface area contributed by atoms with Gasteiger partial charge in [0.15, 0.2) is 5.96 Å². The molecule has 2 aromatic rings. The number of hydrogen-bond donors (Lipinski definition) is 3. The highest BCUT2D eigenvalue weighted by Crippen LogP contribution is 2.12. The van der Waals surface area contributed by atoms with Crippen LogP contribution in [0.25, 0.3) is 0 Å². The van der Waals surface area contributed by atoms with E-state index in [1.807, 2.05) is 62.6 Å². The second-order valence-corrected chi connectivity index (χ2v) is 6.04. The predicted molar refractivity (Wildman–Crippen MR) is 107 cm³/mol. The molecule has 6 heteroatoms. The molecule has 0 spiro atoms. The summed E-state index contributed by atoms with van der Waals surface area (Å²) in [6.45, 7) is 7.09. The Morgan fingerprint density at radius 1 is 1.12 bits per heavy atom. The highest BCUT2D eigenvalue weighted by Gasteiger charge is 2.02. The molecule has 140 valence electrons. The van der Waals surface area contributed by atoms with Gasteiger partial charge in [-0.2, -0.15) is 0 Å². The van der Waals surface area contributed by atoms with Crippen molar-refractivity contribution in [3.8, 4) is 0 Å². The zero-order chi connectivity index (χ0) is 18.6. The zero-order valence-corrected chi connectivity index (χ0v) is 15.7. The first-order valence-electron chi connectivity index (χ1n) is 9.23. The van der Waals surface area contributed by atoms with Crippen LogP contribution in [0.3, 0.4) is 0 Å². The third kappa shape index (κ3) is 7.01. The maximum Gasteiger partial charge on any atom is 0.224 e. The number of carbonyl (C=O) groups is 1. The van der Waals surface area contributed by atoms with Crippen molar-refractivity contribution in [2.75, 3.05) is 18.4 Å². The van der Waals surface area contributed by atoms with Crippen LogP contribution in [0.15, 0.2) is 53.8 Å². The van der Waals surface area contributed by atoms with Gasteiger partial charge in [0.1, 0.15) is 0 Å². The summed E-state index contributed by atoms with van der Waals surface area (Å²) < 4.78 is 2.12. The molecule has 0 saturated carbocycles. The Balaban J connectivity index is 1.89. The highest BCUT2D eigenvalue weighted by molar-refractivity contribution is 5.90. The van der Waals surface area contributed by atoms with E-state index in [1.165, 1.54) is 0 Å². The molecule has 6 nitrogen and oxygen atoms in total. The molecule has 0 aliphatic carbocycles. The number of nitrogens with one attached hydrogen (secondary N) is 3. The minimum atomic E-state index is 0.0492. The van der Waals surface area contributed by atoms with Crippen molar-refractivity contribution >= 4 is 17.6 Å². The Morgan fingerprint density at radius 3 is 2.65 bits per heavy atom. The molecule has 0 atom stereocenters. The number of carbonyl (C=O) groups excluding carboxylic acids is 1. The van der Waals surface area contributed by atoms with Crippen LogP contribution in [-0.2, 0) is 17.9 Å². The van der Waals surface area contributed by atoms with E-state index in [9.17, 15) is 4.79 Å². The summed E-state index contributed by atoms with van der Waals surface area (Å²) in [7, 11) is 0. The molecule has 26 heavy (non-hydrogen) atoms. The Labute approximate surface area is 155 Å². The summed E-state index contributed by atoms with van der Waals surface area (Å²) in [6, 6.07) is 11.9. The summed E-state index contributed by atoms with van der Waals surface area (Å²) in [5.41, 5.74) is 1.88. The average molecular weight is 355 g/mol. The van der Waals surface area contributed by atoms with E-state index in [1.54, 1.807) is 0 Å². The number of anilines is 1. The van der Waals surface area contributed by atoms with Gasteiger partial charge in [-0.25, -0.2) is 4.99 Å². The molecule has 1 aromatic heterocycles. The van der Waals surface area contributed by atoms with E-state index in [0.717, 1.165) is 43.3 Å². The maximum absolute atomic E-state index is 11.7. The first-order valence-corrected chi connectivity index (χ1v) is 9.23. The normalized spacial score (nSPS) is 11.2. The minimum Gasteiger partial charge on any atom is -0.357 e. The number of amides is 1. The van der Waals surface area contributed by atoms with Crippen molar-refractivity contribution < 1.29 is 4.79 Å². The number of aromatic nitrogens is 1. The van der Waals surface area contributed by atoms with E-state index in [-0.39, 0.29) is 5.91 Å². The Morgan fingerprint density at radius 2 is 1.92 bits per heavy atom. The van der Waals surface area contributed by atoms with Crippen LogP contribution in [0, 0.1) is 0 Å². The lowest BCUT2D eigenvalue weighted by molar-refractivity contribution is -0.116. The molecule has 0 bridgehead atoms. The van der Waals surface area contributed by atoms with Gasteiger partial charge in [0.2, 0.25) is 5.91 Å². The van der Waals surface area contributed by atoms with E-state index in [2.05, 4.69) is 25.5 Å². The zero-order valence-electron chi connectivity index (χ0n) is 15.7. The van der Waals surface area contributed by atoms with Crippen molar-refractivity contribution in [3.63, 3.8) is 0 Å². The van der Waals surface area contributed by atoms with E-state index in [0.29, 0.717) is 13.0 Å². The number of hydrogen-bond acceptors (Lipinski definition) is 2. The van der Waals surface area contributed by atoms with Crippen LogP contribution in [-0.4, -0.2) is 29.5 Å².